The summed E-state index contributed by atoms with van der Waals surface area (Å²) in [6, 6.07) is 7.76. The first-order valence-corrected chi connectivity index (χ1v) is 14.9. The van der Waals surface area contributed by atoms with Gasteiger partial charge in [-0.25, -0.2) is 0 Å². The highest BCUT2D eigenvalue weighted by Crippen LogP contribution is 2.46. The smallest absolute Gasteiger partial charge is 0.228 e. The minimum absolute atomic E-state index is 0.0208. The van der Waals surface area contributed by atoms with E-state index in [4.69, 9.17) is 36.0 Å². The van der Waals surface area contributed by atoms with Crippen LogP contribution in [-0.4, -0.2) is 42.2 Å². The normalized spacial score (nSPS) is 20.0. The van der Waals surface area contributed by atoms with E-state index in [-0.39, 0.29) is 17.4 Å². The Morgan fingerprint density at radius 2 is 1.85 bits per heavy atom. The summed E-state index contributed by atoms with van der Waals surface area (Å²) in [5, 5.41) is 0.762. The fourth-order valence-electron chi connectivity index (χ4n) is 4.05. The molecule has 34 heavy (non-hydrogen) atoms. The van der Waals surface area contributed by atoms with Crippen LogP contribution in [0.15, 0.2) is 47.6 Å². The minimum Gasteiger partial charge on any atom is -0.497 e. The van der Waals surface area contributed by atoms with Gasteiger partial charge < -0.3 is 24.4 Å². The van der Waals surface area contributed by atoms with Crippen molar-refractivity contribution in [2.75, 3.05) is 27.9 Å². The van der Waals surface area contributed by atoms with Gasteiger partial charge in [0.1, 0.15) is 5.76 Å². The van der Waals surface area contributed by atoms with Gasteiger partial charge in [-0.1, -0.05) is 44.5 Å². The quantitative estimate of drug-likeness (QED) is 0.362. The number of benzene rings is 1. The third-order valence-electron chi connectivity index (χ3n) is 7.19. The largest absolute Gasteiger partial charge is 0.497 e. The molecule has 2 atom stereocenters. The Morgan fingerprint density at radius 1 is 1.18 bits per heavy atom. The highest BCUT2D eigenvalue weighted by atomic mass is 35.5. The average Bonchev–Trinajstić information content (AvgIpc) is 2.76. The second-order valence-electron chi connectivity index (χ2n) is 10.4. The first kappa shape index (κ1) is 28.3. The van der Waals surface area contributed by atoms with E-state index >= 15 is 0 Å². The number of hydrogen-bond donors (Lipinski definition) is 1. The summed E-state index contributed by atoms with van der Waals surface area (Å²) in [4.78, 5) is 12.9. The SMILES string of the molecule is COC1=CC(CC(CCO[Si](C)(C)C(C)(C)C)c2cccc(Cl)c2)(C(N)=O)CC(OC)=C1OC. The Kier molecular flexibility index (Phi) is 9.30. The number of rotatable bonds is 11. The van der Waals surface area contributed by atoms with Gasteiger partial charge in [0.15, 0.2) is 19.8 Å². The molecule has 0 radical (unpaired) electrons. The van der Waals surface area contributed by atoms with Gasteiger partial charge in [-0.15, -0.1) is 0 Å². The highest BCUT2D eigenvalue weighted by molar-refractivity contribution is 6.74. The summed E-state index contributed by atoms with van der Waals surface area (Å²) in [5.74, 6) is 0.980. The lowest BCUT2D eigenvalue weighted by Gasteiger charge is -2.38. The summed E-state index contributed by atoms with van der Waals surface area (Å²) in [7, 11) is 2.72. The molecular weight excluding hydrogens is 470 g/mol. The summed E-state index contributed by atoms with van der Waals surface area (Å²) in [5.41, 5.74) is 6.06. The van der Waals surface area contributed by atoms with Crippen molar-refractivity contribution >= 4 is 25.8 Å². The number of ether oxygens (including phenoxy) is 3. The van der Waals surface area contributed by atoms with Crippen LogP contribution >= 0.6 is 11.6 Å². The fraction of sp³-hybridized carbons (Fsp3) is 0.577. The Balaban J connectivity index is 2.43. The van der Waals surface area contributed by atoms with Crippen LogP contribution in [-0.2, 0) is 23.4 Å². The van der Waals surface area contributed by atoms with Crippen LogP contribution in [0.5, 0.6) is 0 Å². The van der Waals surface area contributed by atoms with Crippen LogP contribution in [0.25, 0.3) is 0 Å². The van der Waals surface area contributed by atoms with Gasteiger partial charge in [-0.2, -0.15) is 0 Å². The number of allylic oxidation sites excluding steroid dienone is 1. The molecule has 2 unspecified atom stereocenters. The van der Waals surface area contributed by atoms with E-state index < -0.39 is 19.6 Å². The van der Waals surface area contributed by atoms with Crippen LogP contribution in [0.3, 0.4) is 0 Å². The summed E-state index contributed by atoms with van der Waals surface area (Å²) in [6.07, 6.45) is 3.25. The first-order valence-electron chi connectivity index (χ1n) is 11.6. The monoisotopic (exact) mass is 509 g/mol. The Hall–Kier alpha value is -1.96. The molecule has 0 aliphatic heterocycles. The topological polar surface area (TPSA) is 80.0 Å². The Labute approximate surface area is 210 Å². The van der Waals surface area contributed by atoms with Gasteiger partial charge in [-0.3, -0.25) is 4.79 Å². The highest BCUT2D eigenvalue weighted by Gasteiger charge is 2.44. The fourth-order valence-corrected chi connectivity index (χ4v) is 5.31. The van der Waals surface area contributed by atoms with Crippen molar-refractivity contribution in [3.05, 3.63) is 58.2 Å². The molecule has 0 bridgehead atoms. The van der Waals surface area contributed by atoms with E-state index in [1.165, 1.54) is 7.11 Å². The van der Waals surface area contributed by atoms with Crippen molar-refractivity contribution in [1.29, 1.82) is 0 Å². The molecule has 0 saturated heterocycles. The van der Waals surface area contributed by atoms with Gasteiger partial charge in [0.05, 0.1) is 26.7 Å². The zero-order chi connectivity index (χ0) is 25.7. The number of amides is 1. The molecule has 6 nitrogen and oxygen atoms in total. The van der Waals surface area contributed by atoms with Gasteiger partial charge in [0.25, 0.3) is 0 Å². The summed E-state index contributed by atoms with van der Waals surface area (Å²) >= 11 is 6.33. The second kappa shape index (κ2) is 11.2. The van der Waals surface area contributed by atoms with Crippen LogP contribution in [0.4, 0.5) is 0 Å². The van der Waals surface area contributed by atoms with Crippen molar-refractivity contribution in [3.8, 4) is 0 Å². The second-order valence-corrected chi connectivity index (χ2v) is 15.7. The molecule has 2 rings (SSSR count). The molecule has 1 amide bonds. The van der Waals surface area contributed by atoms with Gasteiger partial charge in [-0.05, 0) is 60.7 Å². The maximum Gasteiger partial charge on any atom is 0.228 e. The third-order valence-corrected chi connectivity index (χ3v) is 12.0. The van der Waals surface area contributed by atoms with Crippen molar-refractivity contribution < 1.29 is 23.4 Å². The molecule has 1 aromatic rings. The molecule has 1 aromatic carbocycles. The molecule has 1 aliphatic rings. The molecular formula is C26H40ClNO5Si. The molecule has 0 aromatic heterocycles. The number of hydrogen-bond acceptors (Lipinski definition) is 5. The van der Waals surface area contributed by atoms with Crippen molar-refractivity contribution in [2.45, 2.75) is 64.1 Å². The molecule has 0 spiro atoms. The Morgan fingerprint density at radius 3 is 2.35 bits per heavy atom. The number of primary amides is 1. The van der Waals surface area contributed by atoms with Crippen molar-refractivity contribution in [2.24, 2.45) is 11.1 Å². The summed E-state index contributed by atoms with van der Waals surface area (Å²) < 4.78 is 23.1. The number of nitrogens with two attached hydrogens (primary N) is 1. The van der Waals surface area contributed by atoms with E-state index in [9.17, 15) is 4.79 Å². The van der Waals surface area contributed by atoms with E-state index in [0.29, 0.717) is 35.3 Å². The summed E-state index contributed by atoms with van der Waals surface area (Å²) in [6.45, 7) is 11.7. The van der Waals surface area contributed by atoms with Crippen LogP contribution in [0.1, 0.15) is 51.5 Å². The molecule has 0 heterocycles. The maximum atomic E-state index is 12.9. The number of methoxy groups -OCH3 is 3. The standard InChI is InChI=1S/C26H40ClNO5Si/c1-25(2,3)34(7,8)33-13-12-19(18-10-9-11-20(27)14-18)15-26(24(28)29)16-21(30-4)23(32-6)22(17-26)31-5/h9-11,14,16,19H,12-13,15,17H2,1-8H3,(H2,28,29). The lowest BCUT2D eigenvalue weighted by molar-refractivity contribution is -0.126. The van der Waals surface area contributed by atoms with E-state index in [1.54, 1.807) is 20.3 Å². The molecule has 2 N–H and O–H groups in total. The maximum absolute atomic E-state index is 12.9. The molecule has 0 saturated carbocycles. The average molecular weight is 510 g/mol. The lowest BCUT2D eigenvalue weighted by Crippen LogP contribution is -2.42. The van der Waals surface area contributed by atoms with Gasteiger partial charge in [0, 0.05) is 18.1 Å². The van der Waals surface area contributed by atoms with Gasteiger partial charge in [0.2, 0.25) is 5.91 Å². The lowest BCUT2D eigenvalue weighted by atomic mass is 9.70. The number of carbonyl (C=O) groups excluding carboxylic acids is 1. The van der Waals surface area contributed by atoms with E-state index in [1.807, 2.05) is 24.3 Å². The van der Waals surface area contributed by atoms with E-state index in [0.717, 1.165) is 12.0 Å². The predicted octanol–water partition coefficient (Wildman–Crippen LogP) is 6.14. The zero-order valence-electron chi connectivity index (χ0n) is 21.8. The molecule has 8 heteroatoms. The van der Waals surface area contributed by atoms with Crippen molar-refractivity contribution in [3.63, 3.8) is 0 Å². The van der Waals surface area contributed by atoms with Gasteiger partial charge >= 0.3 is 0 Å². The van der Waals surface area contributed by atoms with Crippen LogP contribution in [0.2, 0.25) is 23.2 Å². The van der Waals surface area contributed by atoms with E-state index in [2.05, 4.69) is 33.9 Å². The third kappa shape index (κ3) is 6.37. The van der Waals surface area contributed by atoms with Crippen molar-refractivity contribution in [1.82, 2.24) is 0 Å². The van der Waals surface area contributed by atoms with Crippen LogP contribution < -0.4 is 5.73 Å². The molecule has 190 valence electrons. The minimum atomic E-state index is -1.92. The zero-order valence-corrected chi connectivity index (χ0v) is 23.5. The van der Waals surface area contributed by atoms with Crippen LogP contribution in [0, 0.1) is 5.41 Å². The first-order chi connectivity index (χ1) is 15.8. The number of halogens is 1. The molecule has 0 fully saturated rings. The molecule has 1 aliphatic carbocycles. The predicted molar refractivity (Wildman–Crippen MR) is 139 cm³/mol. The number of carbonyl (C=O) groups is 1. The Bertz CT molecular complexity index is 937.